The summed E-state index contributed by atoms with van der Waals surface area (Å²) in [6, 6.07) is 0.204. The van der Waals surface area contributed by atoms with E-state index in [1.807, 2.05) is 13.2 Å². The molecule has 1 saturated carbocycles. The van der Waals surface area contributed by atoms with Crippen LogP contribution in [0.25, 0.3) is 0 Å². The first-order valence-electron chi connectivity index (χ1n) is 5.85. The molecule has 1 aromatic rings. The number of oxazole rings is 1. The predicted molar refractivity (Wildman–Crippen MR) is 59.7 cm³/mol. The van der Waals surface area contributed by atoms with E-state index in [9.17, 15) is 0 Å². The molecule has 2 rings (SSSR count). The Hall–Kier alpha value is -0.830. The van der Waals surface area contributed by atoms with Crippen molar-refractivity contribution in [1.82, 2.24) is 10.3 Å². The van der Waals surface area contributed by atoms with E-state index in [1.165, 1.54) is 19.3 Å². The van der Waals surface area contributed by atoms with Gasteiger partial charge < -0.3 is 9.73 Å². The van der Waals surface area contributed by atoms with Crippen LogP contribution in [0.3, 0.4) is 0 Å². The average molecular weight is 208 g/mol. The molecule has 1 N–H and O–H groups in total. The van der Waals surface area contributed by atoms with Gasteiger partial charge in [0.15, 0.2) is 0 Å². The van der Waals surface area contributed by atoms with E-state index >= 15 is 0 Å². The Morgan fingerprint density at radius 3 is 2.93 bits per heavy atom. The van der Waals surface area contributed by atoms with E-state index in [1.54, 1.807) is 0 Å². The molecular weight excluding hydrogens is 188 g/mol. The van der Waals surface area contributed by atoms with Crippen LogP contribution in [0.2, 0.25) is 0 Å². The average Bonchev–Trinajstić information content (AvgIpc) is 2.84. The Morgan fingerprint density at radius 2 is 2.33 bits per heavy atom. The third-order valence-corrected chi connectivity index (χ3v) is 3.57. The zero-order valence-electron chi connectivity index (χ0n) is 9.79. The zero-order valence-corrected chi connectivity index (χ0v) is 9.79. The summed E-state index contributed by atoms with van der Waals surface area (Å²) < 4.78 is 5.82. The summed E-state index contributed by atoms with van der Waals surface area (Å²) >= 11 is 0. The van der Waals surface area contributed by atoms with Gasteiger partial charge in [-0.3, -0.25) is 0 Å². The Bertz CT molecular complexity index is 321. The fraction of sp³-hybridized carbons (Fsp3) is 0.750. The molecule has 3 unspecified atom stereocenters. The van der Waals surface area contributed by atoms with Gasteiger partial charge in [-0.15, -0.1) is 0 Å². The normalized spacial score (nSPS) is 28.2. The Morgan fingerprint density at radius 1 is 1.53 bits per heavy atom. The van der Waals surface area contributed by atoms with Gasteiger partial charge in [-0.05, 0) is 32.7 Å². The third kappa shape index (κ3) is 2.07. The fourth-order valence-corrected chi connectivity index (χ4v) is 2.36. The third-order valence-electron chi connectivity index (χ3n) is 3.57. The monoisotopic (exact) mass is 208 g/mol. The molecule has 0 amide bonds. The van der Waals surface area contributed by atoms with E-state index in [4.69, 9.17) is 4.42 Å². The summed E-state index contributed by atoms with van der Waals surface area (Å²) in [6.45, 7) is 4.37. The van der Waals surface area contributed by atoms with Crippen LogP contribution < -0.4 is 5.32 Å². The molecule has 0 aromatic carbocycles. The van der Waals surface area contributed by atoms with E-state index in [-0.39, 0.29) is 6.04 Å². The second kappa shape index (κ2) is 4.35. The molecule has 1 fully saturated rings. The second-order valence-electron chi connectivity index (χ2n) is 4.63. The van der Waals surface area contributed by atoms with Crippen molar-refractivity contribution in [3.63, 3.8) is 0 Å². The molecule has 3 heteroatoms. The molecule has 3 nitrogen and oxygen atoms in total. The number of nitrogens with one attached hydrogen (secondary N) is 1. The van der Waals surface area contributed by atoms with Crippen LogP contribution in [-0.2, 0) is 0 Å². The minimum Gasteiger partial charge on any atom is -0.444 e. The summed E-state index contributed by atoms with van der Waals surface area (Å²) in [5.41, 5.74) is 0. The van der Waals surface area contributed by atoms with Gasteiger partial charge in [-0.1, -0.05) is 13.3 Å². The van der Waals surface area contributed by atoms with Crippen molar-refractivity contribution in [2.45, 2.75) is 45.1 Å². The molecule has 1 aliphatic rings. The van der Waals surface area contributed by atoms with E-state index in [2.05, 4.69) is 24.1 Å². The molecule has 84 valence electrons. The van der Waals surface area contributed by atoms with Gasteiger partial charge >= 0.3 is 0 Å². The van der Waals surface area contributed by atoms with Crippen LogP contribution in [-0.4, -0.2) is 12.0 Å². The van der Waals surface area contributed by atoms with E-state index in [0.29, 0.717) is 5.92 Å². The minimum absolute atomic E-state index is 0.204. The van der Waals surface area contributed by atoms with Gasteiger partial charge in [0.05, 0.1) is 12.2 Å². The predicted octanol–water partition coefficient (Wildman–Crippen LogP) is 2.86. The zero-order chi connectivity index (χ0) is 10.8. The summed E-state index contributed by atoms with van der Waals surface area (Å²) in [5.74, 6) is 3.23. The van der Waals surface area contributed by atoms with Crippen molar-refractivity contribution < 1.29 is 4.42 Å². The van der Waals surface area contributed by atoms with Crippen molar-refractivity contribution in [2.75, 3.05) is 7.05 Å². The molecule has 3 atom stereocenters. The number of nitrogens with zero attached hydrogens (tertiary/aromatic N) is 1. The molecule has 0 saturated heterocycles. The lowest BCUT2D eigenvalue weighted by Gasteiger charge is -2.11. The highest BCUT2D eigenvalue weighted by Gasteiger charge is 2.28. The summed E-state index contributed by atoms with van der Waals surface area (Å²) in [6.07, 6.45) is 5.81. The lowest BCUT2D eigenvalue weighted by Crippen LogP contribution is -2.12. The van der Waals surface area contributed by atoms with Crippen LogP contribution in [0.4, 0.5) is 0 Å². The first kappa shape index (κ1) is 10.7. The van der Waals surface area contributed by atoms with Crippen molar-refractivity contribution in [1.29, 1.82) is 0 Å². The minimum atomic E-state index is 0.204. The second-order valence-corrected chi connectivity index (χ2v) is 4.63. The number of hydrogen-bond acceptors (Lipinski definition) is 3. The maximum absolute atomic E-state index is 5.82. The Balaban J connectivity index is 2.12. The first-order valence-corrected chi connectivity index (χ1v) is 5.85. The number of rotatable bonds is 3. The van der Waals surface area contributed by atoms with Gasteiger partial charge in [0.25, 0.3) is 0 Å². The van der Waals surface area contributed by atoms with Gasteiger partial charge in [0.2, 0.25) is 5.89 Å². The largest absolute Gasteiger partial charge is 0.444 e. The van der Waals surface area contributed by atoms with Crippen LogP contribution >= 0.6 is 0 Å². The van der Waals surface area contributed by atoms with Crippen molar-refractivity contribution in [3.8, 4) is 0 Å². The van der Waals surface area contributed by atoms with Gasteiger partial charge in [0, 0.05) is 5.92 Å². The molecule has 0 radical (unpaired) electrons. The van der Waals surface area contributed by atoms with Gasteiger partial charge in [0.1, 0.15) is 5.76 Å². The fourth-order valence-electron chi connectivity index (χ4n) is 2.36. The molecule has 1 aliphatic carbocycles. The molecule has 0 spiro atoms. The maximum atomic E-state index is 5.82. The summed E-state index contributed by atoms with van der Waals surface area (Å²) in [5, 5.41) is 3.14. The highest BCUT2D eigenvalue weighted by atomic mass is 16.4. The van der Waals surface area contributed by atoms with Crippen LogP contribution in [0.1, 0.15) is 56.7 Å². The van der Waals surface area contributed by atoms with E-state index in [0.717, 1.165) is 17.6 Å². The van der Waals surface area contributed by atoms with Crippen LogP contribution in [0.15, 0.2) is 10.6 Å². The van der Waals surface area contributed by atoms with Crippen molar-refractivity contribution in [3.05, 3.63) is 17.8 Å². The van der Waals surface area contributed by atoms with Crippen molar-refractivity contribution >= 4 is 0 Å². The highest BCUT2D eigenvalue weighted by molar-refractivity contribution is 5.06. The summed E-state index contributed by atoms with van der Waals surface area (Å²) in [4.78, 5) is 4.34. The molecule has 0 bridgehead atoms. The molecule has 1 heterocycles. The smallest absolute Gasteiger partial charge is 0.211 e. The quantitative estimate of drug-likeness (QED) is 0.830. The Labute approximate surface area is 91.3 Å². The topological polar surface area (TPSA) is 38.1 Å². The van der Waals surface area contributed by atoms with Gasteiger partial charge in [-0.25, -0.2) is 4.98 Å². The van der Waals surface area contributed by atoms with E-state index < -0.39 is 0 Å². The SMILES string of the molecule is CNC(C)c1ncc(C2CCCC2C)o1. The van der Waals surface area contributed by atoms with Gasteiger partial charge in [-0.2, -0.15) is 0 Å². The van der Waals surface area contributed by atoms with Crippen LogP contribution in [0, 0.1) is 5.92 Å². The highest BCUT2D eigenvalue weighted by Crippen LogP contribution is 2.39. The molecule has 0 aliphatic heterocycles. The number of hydrogen-bond donors (Lipinski definition) is 1. The Kier molecular flexibility index (Phi) is 3.10. The van der Waals surface area contributed by atoms with Crippen molar-refractivity contribution in [2.24, 2.45) is 5.92 Å². The lowest BCUT2D eigenvalue weighted by molar-refractivity contribution is 0.365. The first-order chi connectivity index (χ1) is 7.22. The number of aromatic nitrogens is 1. The van der Waals surface area contributed by atoms with Crippen LogP contribution in [0.5, 0.6) is 0 Å². The summed E-state index contributed by atoms with van der Waals surface area (Å²) in [7, 11) is 1.92. The molecule has 1 aromatic heterocycles. The molecular formula is C12H20N2O. The maximum Gasteiger partial charge on any atom is 0.211 e. The standard InChI is InChI=1S/C12H20N2O/c1-8-5-4-6-10(8)11-7-14-12(15-11)9(2)13-3/h7-10,13H,4-6H2,1-3H3. The lowest BCUT2D eigenvalue weighted by atomic mass is 9.96. The molecule has 15 heavy (non-hydrogen) atoms.